The van der Waals surface area contributed by atoms with E-state index in [1.807, 2.05) is 0 Å². The zero-order valence-corrected chi connectivity index (χ0v) is 12.6. The highest BCUT2D eigenvalue weighted by molar-refractivity contribution is 5.32. The second kappa shape index (κ2) is 6.40. The molecule has 2 unspecified atom stereocenters. The molecule has 1 saturated heterocycles. The van der Waals surface area contributed by atoms with Crippen LogP contribution in [-0.4, -0.2) is 43.2 Å². The molecule has 0 radical (unpaired) electrons. The molecular weight excluding hydrogens is 236 g/mol. The molecule has 1 aliphatic rings. The van der Waals surface area contributed by atoms with Gasteiger partial charge in [0.25, 0.3) is 0 Å². The fourth-order valence-corrected chi connectivity index (χ4v) is 2.90. The van der Waals surface area contributed by atoms with Crippen LogP contribution in [0.15, 0.2) is 18.2 Å². The first-order chi connectivity index (χ1) is 9.06. The van der Waals surface area contributed by atoms with Gasteiger partial charge in [-0.15, -0.1) is 0 Å². The number of hydrogen-bond acceptors (Lipinski definition) is 3. The van der Waals surface area contributed by atoms with Crippen LogP contribution in [-0.2, 0) is 0 Å². The van der Waals surface area contributed by atoms with Crippen LogP contribution in [0.25, 0.3) is 0 Å². The molecule has 0 bridgehead atoms. The average Bonchev–Trinajstić information content (AvgIpc) is 2.32. The molecule has 1 heterocycles. The number of ether oxygens (including phenoxy) is 1. The molecule has 1 aliphatic heterocycles. The Morgan fingerprint density at radius 2 is 1.68 bits per heavy atom. The number of nitrogens with zero attached hydrogens (tertiary/aromatic N) is 1. The van der Waals surface area contributed by atoms with E-state index in [4.69, 9.17) is 4.74 Å². The molecule has 0 saturated carbocycles. The van der Waals surface area contributed by atoms with Crippen LogP contribution in [0.2, 0.25) is 0 Å². The maximum atomic E-state index is 5.90. The lowest BCUT2D eigenvalue weighted by Gasteiger charge is -2.39. The summed E-state index contributed by atoms with van der Waals surface area (Å²) >= 11 is 0. The highest BCUT2D eigenvalue weighted by Gasteiger charge is 2.23. The summed E-state index contributed by atoms with van der Waals surface area (Å²) in [5.41, 5.74) is 2.53. The van der Waals surface area contributed by atoms with Gasteiger partial charge in [-0.05, 0) is 51.0 Å². The van der Waals surface area contributed by atoms with Gasteiger partial charge in [0.2, 0.25) is 0 Å². The third kappa shape index (κ3) is 3.95. The minimum atomic E-state index is 0.589. The predicted molar refractivity (Wildman–Crippen MR) is 79.9 cm³/mol. The Hall–Kier alpha value is -1.06. The number of benzene rings is 1. The average molecular weight is 262 g/mol. The minimum absolute atomic E-state index is 0.589. The largest absolute Gasteiger partial charge is 0.492 e. The molecule has 1 aromatic rings. The van der Waals surface area contributed by atoms with Crippen molar-refractivity contribution >= 4 is 0 Å². The lowest BCUT2D eigenvalue weighted by atomic mass is 10.1. The predicted octanol–water partition coefficient (Wildman–Crippen LogP) is 2.36. The summed E-state index contributed by atoms with van der Waals surface area (Å²) < 4.78 is 5.90. The van der Waals surface area contributed by atoms with Crippen LogP contribution in [0.5, 0.6) is 5.75 Å². The fraction of sp³-hybridized carbons (Fsp3) is 0.625. The molecule has 1 N–H and O–H groups in total. The quantitative estimate of drug-likeness (QED) is 0.901. The van der Waals surface area contributed by atoms with E-state index in [0.717, 1.165) is 32.0 Å². The summed E-state index contributed by atoms with van der Waals surface area (Å²) in [6.45, 7) is 12.7. The number of nitrogens with one attached hydrogen (secondary N) is 1. The van der Waals surface area contributed by atoms with E-state index in [9.17, 15) is 0 Å². The molecule has 19 heavy (non-hydrogen) atoms. The van der Waals surface area contributed by atoms with Crippen LogP contribution < -0.4 is 10.1 Å². The second-order valence-electron chi connectivity index (χ2n) is 5.77. The van der Waals surface area contributed by atoms with E-state index >= 15 is 0 Å². The van der Waals surface area contributed by atoms with Crippen LogP contribution in [0, 0.1) is 13.8 Å². The van der Waals surface area contributed by atoms with Crippen molar-refractivity contribution in [3.05, 3.63) is 29.3 Å². The van der Waals surface area contributed by atoms with Crippen molar-refractivity contribution in [3.8, 4) is 5.75 Å². The third-order valence-electron chi connectivity index (χ3n) is 3.83. The Labute approximate surface area is 116 Å². The first-order valence-corrected chi connectivity index (χ1v) is 7.24. The zero-order valence-electron chi connectivity index (χ0n) is 12.6. The molecule has 1 fully saturated rings. The second-order valence-corrected chi connectivity index (χ2v) is 5.77. The van der Waals surface area contributed by atoms with Crippen LogP contribution in [0.1, 0.15) is 25.0 Å². The molecule has 2 atom stereocenters. The van der Waals surface area contributed by atoms with E-state index in [2.05, 4.69) is 56.1 Å². The summed E-state index contributed by atoms with van der Waals surface area (Å²) in [7, 11) is 0. The van der Waals surface area contributed by atoms with Gasteiger partial charge < -0.3 is 10.1 Å². The number of rotatable bonds is 4. The van der Waals surface area contributed by atoms with E-state index in [1.165, 1.54) is 11.1 Å². The van der Waals surface area contributed by atoms with Gasteiger partial charge in [-0.3, -0.25) is 4.90 Å². The molecule has 106 valence electrons. The van der Waals surface area contributed by atoms with Crippen molar-refractivity contribution < 1.29 is 4.74 Å². The van der Waals surface area contributed by atoms with Crippen molar-refractivity contribution in [2.75, 3.05) is 26.2 Å². The maximum absolute atomic E-state index is 5.90. The molecular formula is C16H26N2O. The van der Waals surface area contributed by atoms with Gasteiger partial charge in [-0.1, -0.05) is 6.07 Å². The Morgan fingerprint density at radius 1 is 1.11 bits per heavy atom. The first-order valence-electron chi connectivity index (χ1n) is 7.24. The fourth-order valence-electron chi connectivity index (χ4n) is 2.90. The van der Waals surface area contributed by atoms with E-state index < -0.39 is 0 Å². The smallest absolute Gasteiger partial charge is 0.119 e. The summed E-state index contributed by atoms with van der Waals surface area (Å²) in [5, 5.41) is 3.45. The SMILES string of the molecule is Cc1cc(C)cc(OCCN2C(C)CNCC2C)c1. The summed E-state index contributed by atoms with van der Waals surface area (Å²) in [5.74, 6) is 0.993. The highest BCUT2D eigenvalue weighted by atomic mass is 16.5. The molecule has 0 aromatic heterocycles. The standard InChI is InChI=1S/C16H26N2O/c1-12-7-13(2)9-16(8-12)19-6-5-18-14(3)10-17-11-15(18)4/h7-9,14-15,17H,5-6,10-11H2,1-4H3. The number of aryl methyl sites for hydroxylation is 2. The first kappa shape index (κ1) is 14.4. The van der Waals surface area contributed by atoms with Crippen molar-refractivity contribution in [1.29, 1.82) is 0 Å². The van der Waals surface area contributed by atoms with Crippen LogP contribution >= 0.6 is 0 Å². The van der Waals surface area contributed by atoms with Gasteiger partial charge in [0.15, 0.2) is 0 Å². The van der Waals surface area contributed by atoms with Gasteiger partial charge in [0.1, 0.15) is 12.4 Å². The molecule has 0 aliphatic carbocycles. The zero-order chi connectivity index (χ0) is 13.8. The van der Waals surface area contributed by atoms with E-state index in [1.54, 1.807) is 0 Å². The topological polar surface area (TPSA) is 24.5 Å². The van der Waals surface area contributed by atoms with Crippen molar-refractivity contribution in [3.63, 3.8) is 0 Å². The molecule has 3 nitrogen and oxygen atoms in total. The van der Waals surface area contributed by atoms with Gasteiger partial charge in [-0.25, -0.2) is 0 Å². The van der Waals surface area contributed by atoms with Crippen molar-refractivity contribution in [2.24, 2.45) is 0 Å². The van der Waals surface area contributed by atoms with Gasteiger partial charge in [0.05, 0.1) is 0 Å². The Bertz CT molecular complexity index is 389. The Morgan fingerprint density at radius 3 is 2.26 bits per heavy atom. The van der Waals surface area contributed by atoms with Crippen molar-refractivity contribution in [2.45, 2.75) is 39.8 Å². The molecule has 2 rings (SSSR count). The Balaban J connectivity index is 1.85. The third-order valence-corrected chi connectivity index (χ3v) is 3.83. The Kier molecular flexibility index (Phi) is 4.83. The minimum Gasteiger partial charge on any atom is -0.492 e. The van der Waals surface area contributed by atoms with Crippen molar-refractivity contribution in [1.82, 2.24) is 10.2 Å². The lowest BCUT2D eigenvalue weighted by Crippen LogP contribution is -2.55. The van der Waals surface area contributed by atoms with Gasteiger partial charge in [-0.2, -0.15) is 0 Å². The maximum Gasteiger partial charge on any atom is 0.119 e. The normalized spacial score (nSPS) is 24.4. The van der Waals surface area contributed by atoms with E-state index in [0.29, 0.717) is 12.1 Å². The molecule has 3 heteroatoms. The number of piperazine rings is 1. The van der Waals surface area contributed by atoms with Gasteiger partial charge >= 0.3 is 0 Å². The lowest BCUT2D eigenvalue weighted by molar-refractivity contribution is 0.0966. The highest BCUT2D eigenvalue weighted by Crippen LogP contribution is 2.16. The summed E-state index contributed by atoms with van der Waals surface area (Å²) in [6, 6.07) is 7.57. The molecule has 0 amide bonds. The summed E-state index contributed by atoms with van der Waals surface area (Å²) in [4.78, 5) is 2.53. The number of hydrogen-bond donors (Lipinski definition) is 1. The molecule has 1 aromatic carbocycles. The van der Waals surface area contributed by atoms with Gasteiger partial charge in [0, 0.05) is 31.7 Å². The molecule has 0 spiro atoms. The summed E-state index contributed by atoms with van der Waals surface area (Å²) in [6.07, 6.45) is 0. The van der Waals surface area contributed by atoms with Crippen LogP contribution in [0.3, 0.4) is 0 Å². The van der Waals surface area contributed by atoms with E-state index in [-0.39, 0.29) is 0 Å². The van der Waals surface area contributed by atoms with Crippen LogP contribution in [0.4, 0.5) is 0 Å². The monoisotopic (exact) mass is 262 g/mol.